The van der Waals surface area contributed by atoms with Crippen molar-refractivity contribution in [3.63, 3.8) is 0 Å². The van der Waals surface area contributed by atoms with Crippen LogP contribution in [0.15, 0.2) is 24.3 Å². The van der Waals surface area contributed by atoms with Gasteiger partial charge in [-0.2, -0.15) is 0 Å². The predicted octanol–water partition coefficient (Wildman–Crippen LogP) is -0.170. The molecule has 113 valence electrons. The van der Waals surface area contributed by atoms with E-state index in [1.165, 1.54) is 12.1 Å². The lowest BCUT2D eigenvalue weighted by molar-refractivity contribution is -0.141. The molecule has 0 bridgehead atoms. The highest BCUT2D eigenvalue weighted by atomic mass is 16.4. The lowest BCUT2D eigenvalue weighted by Gasteiger charge is -2.21. The highest BCUT2D eigenvalue weighted by Gasteiger charge is 2.30. The average molecular weight is 293 g/mol. The lowest BCUT2D eigenvalue weighted by Crippen LogP contribution is -2.47. The second kappa shape index (κ2) is 6.47. The van der Waals surface area contributed by atoms with Gasteiger partial charge < -0.3 is 21.7 Å². The van der Waals surface area contributed by atoms with E-state index >= 15 is 0 Å². The Morgan fingerprint density at radius 2 is 1.81 bits per heavy atom. The second-order valence-electron chi connectivity index (χ2n) is 4.86. The molecule has 1 rings (SSSR count). The van der Waals surface area contributed by atoms with Crippen LogP contribution in [0.4, 0.5) is 0 Å². The van der Waals surface area contributed by atoms with Crippen LogP contribution >= 0.6 is 0 Å². The molecule has 0 aliphatic carbocycles. The molecule has 0 heterocycles. The van der Waals surface area contributed by atoms with Gasteiger partial charge in [-0.25, -0.2) is 0 Å². The highest BCUT2D eigenvalue weighted by molar-refractivity contribution is 6.02. The molecule has 0 aliphatic heterocycles. The minimum absolute atomic E-state index is 0.158. The quantitative estimate of drug-likeness (QED) is 0.511. The van der Waals surface area contributed by atoms with E-state index < -0.39 is 35.7 Å². The van der Waals surface area contributed by atoms with Crippen LogP contribution in [0.2, 0.25) is 0 Å². The van der Waals surface area contributed by atoms with Gasteiger partial charge in [0, 0.05) is 12.0 Å². The third-order valence-corrected chi connectivity index (χ3v) is 2.95. The molecule has 1 aromatic carbocycles. The number of carboxylic acid groups (broad SMARTS) is 2. The maximum atomic E-state index is 12.2. The summed E-state index contributed by atoms with van der Waals surface area (Å²) in [5, 5.41) is 17.7. The van der Waals surface area contributed by atoms with Gasteiger partial charge in [0.05, 0.1) is 12.5 Å². The van der Waals surface area contributed by atoms with E-state index in [0.717, 1.165) is 0 Å². The van der Waals surface area contributed by atoms with Crippen LogP contribution in [0.25, 0.3) is 0 Å². The van der Waals surface area contributed by atoms with Crippen LogP contribution in [0.3, 0.4) is 0 Å². The van der Waals surface area contributed by atoms with Gasteiger partial charge in [0.25, 0.3) is 0 Å². The van der Waals surface area contributed by atoms with Crippen molar-refractivity contribution < 1.29 is 24.6 Å². The summed E-state index contributed by atoms with van der Waals surface area (Å²) < 4.78 is 0. The molecule has 7 nitrogen and oxygen atoms in total. The Labute approximate surface area is 121 Å². The molecule has 0 saturated heterocycles. The van der Waals surface area contributed by atoms with E-state index in [9.17, 15) is 14.4 Å². The number of nitrogens with two attached hydrogens (primary N) is 2. The largest absolute Gasteiger partial charge is 0.481 e. The molecule has 1 aromatic rings. The molecule has 6 N–H and O–H groups in total. The molecule has 7 heteroatoms. The zero-order valence-corrected chi connectivity index (χ0v) is 11.3. The normalized spacial score (nSPS) is 15.0. The molecule has 0 amide bonds. The number of carbonyl (C=O) groups is 3. The molecular weight excluding hydrogens is 276 g/mol. The molecule has 0 aliphatic rings. The Balaban J connectivity index is 3.07. The van der Waals surface area contributed by atoms with Crippen molar-refractivity contribution in [2.24, 2.45) is 11.5 Å². The zero-order chi connectivity index (χ0) is 16.2. The number of hydrogen-bond donors (Lipinski definition) is 4. The van der Waals surface area contributed by atoms with Crippen LogP contribution < -0.4 is 11.5 Å². The van der Waals surface area contributed by atoms with Crippen LogP contribution in [0, 0.1) is 6.92 Å². The van der Waals surface area contributed by atoms with E-state index in [0.29, 0.717) is 5.56 Å². The predicted molar refractivity (Wildman–Crippen MR) is 74.6 cm³/mol. The van der Waals surface area contributed by atoms with Gasteiger partial charge in [-0.15, -0.1) is 0 Å². The molecule has 0 unspecified atom stereocenters. The first-order chi connectivity index (χ1) is 9.65. The van der Waals surface area contributed by atoms with Crippen molar-refractivity contribution >= 4 is 17.7 Å². The van der Waals surface area contributed by atoms with Crippen LogP contribution in [-0.4, -0.2) is 39.5 Å². The summed E-state index contributed by atoms with van der Waals surface area (Å²) in [6.45, 7) is 3.40. The van der Waals surface area contributed by atoms with Gasteiger partial charge in [0.1, 0.15) is 5.54 Å². The molecule has 21 heavy (non-hydrogen) atoms. The van der Waals surface area contributed by atoms with E-state index in [1.54, 1.807) is 12.1 Å². The molecule has 1 radical (unpaired) electrons. The number of benzene rings is 1. The van der Waals surface area contributed by atoms with Crippen molar-refractivity contribution in [1.29, 1.82) is 0 Å². The maximum Gasteiger partial charge on any atom is 0.324 e. The summed E-state index contributed by atoms with van der Waals surface area (Å²) in [5.41, 5.74) is 9.86. The SMILES string of the molecule is [CH2][C@@](N)(Cc1ccccc1C(=O)[C@@H](N)CC(=O)O)C(=O)O. The highest BCUT2D eigenvalue weighted by Crippen LogP contribution is 2.17. The molecule has 0 spiro atoms. The minimum Gasteiger partial charge on any atom is -0.481 e. The van der Waals surface area contributed by atoms with E-state index in [-0.39, 0.29) is 12.0 Å². The topological polar surface area (TPSA) is 144 Å². The number of Topliss-reactive ketones (excluding diaryl/α,β-unsaturated/α-hetero) is 1. The van der Waals surface area contributed by atoms with E-state index in [2.05, 4.69) is 6.92 Å². The summed E-state index contributed by atoms with van der Waals surface area (Å²) in [5.74, 6) is -3.07. The number of hydrogen-bond acceptors (Lipinski definition) is 5. The van der Waals surface area contributed by atoms with Crippen molar-refractivity contribution in [3.8, 4) is 0 Å². The fraction of sp³-hybridized carbons (Fsp3) is 0.286. The van der Waals surface area contributed by atoms with Crippen molar-refractivity contribution in [2.45, 2.75) is 24.4 Å². The van der Waals surface area contributed by atoms with Gasteiger partial charge >= 0.3 is 11.9 Å². The lowest BCUT2D eigenvalue weighted by atomic mass is 9.88. The molecule has 0 fully saturated rings. The Bertz CT molecular complexity index is 568. The van der Waals surface area contributed by atoms with Crippen molar-refractivity contribution in [1.82, 2.24) is 0 Å². The third-order valence-electron chi connectivity index (χ3n) is 2.95. The summed E-state index contributed by atoms with van der Waals surface area (Å²) in [6, 6.07) is 4.98. The van der Waals surface area contributed by atoms with Crippen LogP contribution in [0.5, 0.6) is 0 Å². The number of carbonyl (C=O) groups excluding carboxylic acids is 1. The monoisotopic (exact) mass is 293 g/mol. The fourth-order valence-corrected chi connectivity index (χ4v) is 1.81. The van der Waals surface area contributed by atoms with Gasteiger partial charge in [-0.3, -0.25) is 14.4 Å². The molecule has 2 atom stereocenters. The molecular formula is C14H17N2O5. The third kappa shape index (κ3) is 4.37. The Kier molecular flexibility index (Phi) is 5.17. The number of ketones is 1. The summed E-state index contributed by atoms with van der Waals surface area (Å²) in [4.78, 5) is 33.8. The van der Waals surface area contributed by atoms with Crippen molar-refractivity contribution in [3.05, 3.63) is 42.3 Å². The van der Waals surface area contributed by atoms with Gasteiger partial charge in [0.15, 0.2) is 5.78 Å². The van der Waals surface area contributed by atoms with E-state index in [4.69, 9.17) is 21.7 Å². The smallest absolute Gasteiger partial charge is 0.324 e. The summed E-state index contributed by atoms with van der Waals surface area (Å²) in [6.07, 6.45) is -0.686. The zero-order valence-electron chi connectivity index (χ0n) is 11.3. The second-order valence-corrected chi connectivity index (χ2v) is 4.86. The Morgan fingerprint density at radius 1 is 1.24 bits per heavy atom. The van der Waals surface area contributed by atoms with Crippen LogP contribution in [0.1, 0.15) is 22.3 Å². The maximum absolute atomic E-state index is 12.2. The van der Waals surface area contributed by atoms with Gasteiger partial charge in [-0.05, 0) is 12.5 Å². The fourth-order valence-electron chi connectivity index (χ4n) is 1.81. The summed E-state index contributed by atoms with van der Waals surface area (Å²) in [7, 11) is 0. The summed E-state index contributed by atoms with van der Waals surface area (Å²) >= 11 is 0. The standard InChI is InChI=1S/C14H17N2O5/c1-14(16,13(20)21)7-8-4-2-3-5-9(8)12(19)10(15)6-11(17)18/h2-5,10H,1,6-7,15-16H2,(H,17,18)(H,20,21)/t10-,14+/m0/s1. The molecule has 0 aromatic heterocycles. The number of aliphatic carboxylic acids is 2. The molecule has 0 saturated carbocycles. The Hall–Kier alpha value is -2.25. The number of carboxylic acids is 2. The average Bonchev–Trinajstić information content (AvgIpc) is 2.37. The first kappa shape index (κ1) is 16.8. The first-order valence-electron chi connectivity index (χ1n) is 6.12. The number of rotatable bonds is 7. The van der Waals surface area contributed by atoms with Crippen LogP contribution in [-0.2, 0) is 16.0 Å². The first-order valence-corrected chi connectivity index (χ1v) is 6.12. The van der Waals surface area contributed by atoms with Gasteiger partial charge in [-0.1, -0.05) is 24.3 Å². The minimum atomic E-state index is -1.78. The Morgan fingerprint density at radius 3 is 2.33 bits per heavy atom. The van der Waals surface area contributed by atoms with Gasteiger partial charge in [0.2, 0.25) is 0 Å². The van der Waals surface area contributed by atoms with E-state index in [1.807, 2.05) is 0 Å². The van der Waals surface area contributed by atoms with Crippen molar-refractivity contribution in [2.75, 3.05) is 0 Å².